The van der Waals surface area contributed by atoms with Gasteiger partial charge in [-0.3, -0.25) is 0 Å². The Morgan fingerprint density at radius 3 is 1.03 bits per heavy atom. The molecule has 5 aromatic carbocycles. The molecule has 0 unspecified atom stereocenters. The van der Waals surface area contributed by atoms with Gasteiger partial charge in [-0.15, -0.1) is 0 Å². The molecule has 1 N–H and O–H groups in total. The summed E-state index contributed by atoms with van der Waals surface area (Å²) in [4.78, 5) is 4.34. The largest absolute Gasteiger partial charge is 0.569 e. The zero-order valence-electron chi connectivity index (χ0n) is 19.1. The Kier molecular flexibility index (Phi) is 6.78. The molecule has 35 heavy (non-hydrogen) atoms. The van der Waals surface area contributed by atoms with Crippen LogP contribution in [0.25, 0.3) is 0 Å². The molecule has 5 aromatic rings. The van der Waals surface area contributed by atoms with E-state index in [1.165, 1.54) is 0 Å². The van der Waals surface area contributed by atoms with Gasteiger partial charge in [0.1, 0.15) is 5.75 Å². The molecule has 0 atom stereocenters. The van der Waals surface area contributed by atoms with Crippen molar-refractivity contribution < 1.29 is 9.68 Å². The molecule has 0 fully saturated rings. The van der Waals surface area contributed by atoms with Gasteiger partial charge in [-0.05, 0) is 54.6 Å². The van der Waals surface area contributed by atoms with E-state index in [-0.39, 0.29) is 0 Å². The molecule has 0 saturated carbocycles. The maximum atomic E-state index is 9.47. The molecule has 0 heterocycles. The molecule has 0 aliphatic rings. The molecule has 0 aliphatic heterocycles. The van der Waals surface area contributed by atoms with Crippen LogP contribution in [0, 0.1) is 0 Å². The highest BCUT2D eigenvalue weighted by Crippen LogP contribution is 2.42. The summed E-state index contributed by atoms with van der Waals surface area (Å²) in [6.45, 7) is 0. The Morgan fingerprint density at radius 2 is 0.743 bits per heavy atom. The second kappa shape index (κ2) is 10.6. The van der Waals surface area contributed by atoms with E-state index in [4.69, 9.17) is 4.65 Å². The number of benzene rings is 5. The average molecular weight is 455 g/mol. The van der Waals surface area contributed by atoms with Crippen molar-refractivity contribution in [3.8, 4) is 5.75 Å². The van der Waals surface area contributed by atoms with Crippen molar-refractivity contribution in [1.82, 2.24) is 0 Å². The molecule has 169 valence electrons. The molecule has 0 spiro atoms. The molecule has 0 aliphatic carbocycles. The van der Waals surface area contributed by atoms with Crippen LogP contribution in [-0.2, 0) is 0 Å². The van der Waals surface area contributed by atoms with E-state index in [0.717, 1.165) is 34.1 Å². The first kappa shape index (κ1) is 22.3. The summed E-state index contributed by atoms with van der Waals surface area (Å²) in [5, 5.41) is 9.47. The van der Waals surface area contributed by atoms with Crippen LogP contribution in [0.1, 0.15) is 0 Å². The van der Waals surface area contributed by atoms with Gasteiger partial charge in [0.15, 0.2) is 0 Å². The highest BCUT2D eigenvalue weighted by atomic mass is 16.5. The highest BCUT2D eigenvalue weighted by molar-refractivity contribution is 6.17. The molecular weight excluding hydrogens is 431 g/mol. The van der Waals surface area contributed by atoms with Crippen molar-refractivity contribution in [2.24, 2.45) is 0 Å². The lowest BCUT2D eigenvalue weighted by atomic mass is 10.1. The van der Waals surface area contributed by atoms with E-state index in [9.17, 15) is 5.02 Å². The topological polar surface area (TPSA) is 35.9 Å². The highest BCUT2D eigenvalue weighted by Gasteiger charge is 2.18. The third kappa shape index (κ3) is 5.05. The molecule has 1 radical (unpaired) electrons. The summed E-state index contributed by atoms with van der Waals surface area (Å²) in [6.07, 6.45) is 0. The Bertz CT molecular complexity index is 1170. The van der Waals surface area contributed by atoms with Crippen LogP contribution in [0.2, 0.25) is 0 Å². The first-order valence-corrected chi connectivity index (χ1v) is 11.4. The van der Waals surface area contributed by atoms with Crippen molar-refractivity contribution in [2.75, 3.05) is 9.80 Å². The van der Waals surface area contributed by atoms with Crippen molar-refractivity contribution in [3.63, 3.8) is 0 Å². The molecular formula is C30H24BN2O2. The van der Waals surface area contributed by atoms with Crippen molar-refractivity contribution in [1.29, 1.82) is 0 Å². The normalized spacial score (nSPS) is 10.4. The molecule has 5 heteroatoms. The van der Waals surface area contributed by atoms with E-state index < -0.39 is 0 Å². The number of para-hydroxylation sites is 4. The standard InChI is InChI=1S/C30H24BN2O2/c34-31-35-30-22-28(32(24-13-5-1-6-14-24)25-15-7-2-8-16-25)21-29(23-30)33(26-17-9-3-10-18-26)27-19-11-4-12-20-27/h1-23,34H. The van der Waals surface area contributed by atoms with Crippen molar-refractivity contribution in [3.05, 3.63) is 140 Å². The maximum Gasteiger partial charge on any atom is 0.569 e. The minimum absolute atomic E-state index is 0.522. The summed E-state index contributed by atoms with van der Waals surface area (Å²) in [7, 11) is 0.716. The predicted molar refractivity (Wildman–Crippen MR) is 144 cm³/mol. The van der Waals surface area contributed by atoms with E-state index in [0.29, 0.717) is 13.4 Å². The lowest BCUT2D eigenvalue weighted by Gasteiger charge is -2.30. The van der Waals surface area contributed by atoms with Crippen LogP contribution in [0.15, 0.2) is 140 Å². The van der Waals surface area contributed by atoms with Gasteiger partial charge in [-0.25, -0.2) is 0 Å². The van der Waals surface area contributed by atoms with Gasteiger partial charge in [0.2, 0.25) is 0 Å². The molecule has 5 rings (SSSR count). The Morgan fingerprint density at radius 1 is 0.429 bits per heavy atom. The smallest absolute Gasteiger partial charge is 0.537 e. The lowest BCUT2D eigenvalue weighted by molar-refractivity contribution is 0.454. The van der Waals surface area contributed by atoms with Crippen LogP contribution in [-0.4, -0.2) is 12.7 Å². The molecule has 4 nitrogen and oxygen atoms in total. The van der Waals surface area contributed by atoms with E-state index in [2.05, 4.69) is 64.4 Å². The Labute approximate surface area is 206 Å². The van der Waals surface area contributed by atoms with Gasteiger partial charge in [0.25, 0.3) is 0 Å². The van der Waals surface area contributed by atoms with E-state index in [1.54, 1.807) is 0 Å². The number of anilines is 6. The Hall–Kier alpha value is -4.48. The first-order chi connectivity index (χ1) is 17.3. The summed E-state index contributed by atoms with van der Waals surface area (Å²) in [6, 6.07) is 46.8. The number of nitrogens with zero attached hydrogens (tertiary/aromatic N) is 2. The van der Waals surface area contributed by atoms with Gasteiger partial charge in [-0.1, -0.05) is 72.8 Å². The minimum atomic E-state index is 0.522. The quantitative estimate of drug-likeness (QED) is 0.245. The zero-order chi connectivity index (χ0) is 23.9. The lowest BCUT2D eigenvalue weighted by Crippen LogP contribution is -2.14. The van der Waals surface area contributed by atoms with Crippen LogP contribution in [0.3, 0.4) is 0 Å². The van der Waals surface area contributed by atoms with Gasteiger partial charge in [-0.2, -0.15) is 0 Å². The Balaban J connectivity index is 1.72. The second-order valence-corrected chi connectivity index (χ2v) is 7.92. The third-order valence-electron chi connectivity index (χ3n) is 5.64. The summed E-state index contributed by atoms with van der Waals surface area (Å²) >= 11 is 0. The van der Waals surface area contributed by atoms with Gasteiger partial charge in [0, 0.05) is 34.9 Å². The molecule has 0 saturated heterocycles. The fraction of sp³-hybridized carbons (Fsp3) is 0. The first-order valence-electron chi connectivity index (χ1n) is 11.4. The van der Waals surface area contributed by atoms with Crippen molar-refractivity contribution in [2.45, 2.75) is 0 Å². The van der Waals surface area contributed by atoms with Crippen LogP contribution >= 0.6 is 0 Å². The fourth-order valence-electron chi connectivity index (χ4n) is 4.16. The minimum Gasteiger partial charge on any atom is -0.537 e. The second-order valence-electron chi connectivity index (χ2n) is 7.92. The van der Waals surface area contributed by atoms with Crippen LogP contribution in [0.4, 0.5) is 34.1 Å². The summed E-state index contributed by atoms with van der Waals surface area (Å²) in [5.41, 5.74) is 5.85. The molecule has 0 amide bonds. The van der Waals surface area contributed by atoms with E-state index >= 15 is 0 Å². The maximum absolute atomic E-state index is 9.47. The van der Waals surface area contributed by atoms with Crippen LogP contribution < -0.4 is 14.5 Å². The zero-order valence-corrected chi connectivity index (χ0v) is 19.1. The van der Waals surface area contributed by atoms with Crippen LogP contribution in [0.5, 0.6) is 5.75 Å². The van der Waals surface area contributed by atoms with Gasteiger partial charge in [0.05, 0.1) is 11.4 Å². The third-order valence-corrected chi connectivity index (χ3v) is 5.64. The van der Waals surface area contributed by atoms with Gasteiger partial charge < -0.3 is 19.5 Å². The molecule has 0 bridgehead atoms. The number of hydrogen-bond acceptors (Lipinski definition) is 4. The van der Waals surface area contributed by atoms with Gasteiger partial charge >= 0.3 is 7.69 Å². The van der Waals surface area contributed by atoms with E-state index in [1.807, 2.05) is 84.9 Å². The number of hydrogen-bond donors (Lipinski definition) is 1. The average Bonchev–Trinajstić information content (AvgIpc) is 2.92. The molecule has 0 aromatic heterocycles. The fourth-order valence-corrected chi connectivity index (χ4v) is 4.16. The predicted octanol–water partition coefficient (Wildman–Crippen LogP) is 7.53. The summed E-state index contributed by atoms with van der Waals surface area (Å²) < 4.78 is 5.51. The monoisotopic (exact) mass is 455 g/mol. The number of rotatable bonds is 8. The van der Waals surface area contributed by atoms with Crippen molar-refractivity contribution >= 4 is 41.8 Å². The summed E-state index contributed by atoms with van der Waals surface area (Å²) in [5.74, 6) is 0.522. The SMILES string of the molecule is O[B]Oc1cc(N(c2ccccc2)c2ccccc2)cc(N(c2ccccc2)c2ccccc2)c1.